The van der Waals surface area contributed by atoms with Crippen molar-refractivity contribution < 1.29 is 4.68 Å². The first-order chi connectivity index (χ1) is 9.06. The van der Waals surface area contributed by atoms with Gasteiger partial charge < -0.3 is 4.90 Å². The molecular formula is C15H17BrN3+. The molecule has 0 N–H and O–H groups in total. The van der Waals surface area contributed by atoms with Gasteiger partial charge in [0.05, 0.1) is 4.47 Å². The number of nitrogens with zero attached hydrogens (tertiary/aromatic N) is 3. The minimum Gasteiger partial charge on any atom is -0.378 e. The fourth-order valence-corrected chi connectivity index (χ4v) is 1.98. The highest BCUT2D eigenvalue weighted by Gasteiger charge is 2.04. The zero-order chi connectivity index (χ0) is 13.8. The lowest BCUT2D eigenvalue weighted by Crippen LogP contribution is -2.30. The van der Waals surface area contributed by atoms with Crippen LogP contribution in [0.4, 0.5) is 5.69 Å². The molecule has 0 atom stereocenters. The Balaban J connectivity index is 2.20. The van der Waals surface area contributed by atoms with Crippen molar-refractivity contribution in [1.82, 2.24) is 0 Å². The van der Waals surface area contributed by atoms with Gasteiger partial charge in [0.2, 0.25) is 11.9 Å². The Bertz CT molecular complexity index is 589. The van der Waals surface area contributed by atoms with Crippen molar-refractivity contribution in [2.24, 2.45) is 5.10 Å². The van der Waals surface area contributed by atoms with Crippen molar-refractivity contribution in [3.8, 4) is 0 Å². The lowest BCUT2D eigenvalue weighted by atomic mass is 10.2. The Labute approximate surface area is 122 Å². The number of halogens is 1. The first-order valence-corrected chi connectivity index (χ1v) is 6.85. The molecule has 1 heterocycles. The van der Waals surface area contributed by atoms with Crippen LogP contribution >= 0.6 is 15.9 Å². The molecule has 3 nitrogen and oxygen atoms in total. The molecule has 0 amide bonds. The Hall–Kier alpha value is -1.68. The minimum absolute atomic E-state index is 1.01. The van der Waals surface area contributed by atoms with Gasteiger partial charge in [-0.25, -0.2) is 0 Å². The van der Waals surface area contributed by atoms with E-state index >= 15 is 0 Å². The number of hydrogen-bond acceptors (Lipinski definition) is 2. The average molecular weight is 319 g/mol. The molecule has 1 aromatic carbocycles. The third-order valence-electron chi connectivity index (χ3n) is 2.83. The molecule has 0 aliphatic heterocycles. The van der Waals surface area contributed by atoms with Crippen LogP contribution in [0.5, 0.6) is 0 Å². The van der Waals surface area contributed by atoms with Gasteiger partial charge in [-0.2, -0.15) is 0 Å². The highest BCUT2D eigenvalue weighted by Crippen LogP contribution is 2.11. The molecule has 0 aliphatic carbocycles. The zero-order valence-electron chi connectivity index (χ0n) is 11.3. The molecule has 0 spiro atoms. The van der Waals surface area contributed by atoms with E-state index in [1.54, 1.807) is 0 Å². The lowest BCUT2D eigenvalue weighted by molar-refractivity contribution is -0.684. The van der Waals surface area contributed by atoms with Crippen LogP contribution in [0.25, 0.3) is 0 Å². The highest BCUT2D eigenvalue weighted by molar-refractivity contribution is 9.10. The third kappa shape index (κ3) is 3.64. The number of aromatic nitrogens is 1. The van der Waals surface area contributed by atoms with Gasteiger partial charge in [-0.05, 0) is 44.8 Å². The summed E-state index contributed by atoms with van der Waals surface area (Å²) >= 11 is 3.45. The summed E-state index contributed by atoms with van der Waals surface area (Å²) < 4.78 is 2.86. The fourth-order valence-electron chi connectivity index (χ4n) is 1.65. The molecule has 2 aromatic rings. The Kier molecular flexibility index (Phi) is 4.32. The number of aryl methyl sites for hydroxylation is 1. The smallest absolute Gasteiger partial charge is 0.216 e. The Morgan fingerprint density at radius 2 is 1.79 bits per heavy atom. The molecule has 0 aliphatic rings. The summed E-state index contributed by atoms with van der Waals surface area (Å²) in [7, 11) is 4.06. The number of rotatable bonds is 3. The molecule has 98 valence electrons. The second-order valence-electron chi connectivity index (χ2n) is 4.56. The molecule has 1 aromatic heterocycles. The van der Waals surface area contributed by atoms with Crippen molar-refractivity contribution in [1.29, 1.82) is 0 Å². The first kappa shape index (κ1) is 13.7. The average Bonchev–Trinajstić information content (AvgIpc) is 2.40. The number of hydrogen-bond donors (Lipinski definition) is 0. The molecule has 0 radical (unpaired) electrons. The van der Waals surface area contributed by atoms with Crippen LogP contribution in [0, 0.1) is 6.92 Å². The fraction of sp³-hybridized carbons (Fsp3) is 0.200. The summed E-state index contributed by atoms with van der Waals surface area (Å²) in [6.45, 7) is 2.03. The van der Waals surface area contributed by atoms with Gasteiger partial charge >= 0.3 is 0 Å². The standard InChI is InChI=1S/C15H17BrN3/c1-12-4-7-14(16)11-19(12)17-10-13-5-8-15(9-6-13)18(2)3/h4-11H,1-3H3/q+1. The van der Waals surface area contributed by atoms with Crippen LogP contribution in [-0.4, -0.2) is 20.3 Å². The minimum atomic E-state index is 1.01. The molecule has 0 unspecified atom stereocenters. The molecule has 4 heteroatoms. The van der Waals surface area contributed by atoms with Crippen LogP contribution in [0.1, 0.15) is 11.3 Å². The molecule has 19 heavy (non-hydrogen) atoms. The summed E-state index contributed by atoms with van der Waals surface area (Å²) in [6.07, 6.45) is 3.80. The van der Waals surface area contributed by atoms with Gasteiger partial charge in [0.15, 0.2) is 0 Å². The Morgan fingerprint density at radius 3 is 2.42 bits per heavy atom. The van der Waals surface area contributed by atoms with Gasteiger partial charge in [0, 0.05) is 32.8 Å². The van der Waals surface area contributed by atoms with Gasteiger partial charge in [-0.15, -0.1) is 0 Å². The highest BCUT2D eigenvalue weighted by atomic mass is 79.9. The molecule has 0 fully saturated rings. The molecular weight excluding hydrogens is 302 g/mol. The SMILES string of the molecule is Cc1ccc(Br)c[n+]1N=Cc1ccc(N(C)C)cc1. The third-order valence-corrected chi connectivity index (χ3v) is 3.30. The maximum atomic E-state index is 4.46. The van der Waals surface area contributed by atoms with Crippen LogP contribution < -0.4 is 9.58 Å². The van der Waals surface area contributed by atoms with E-state index in [2.05, 4.69) is 50.2 Å². The summed E-state index contributed by atoms with van der Waals surface area (Å²) in [6, 6.07) is 12.3. The topological polar surface area (TPSA) is 19.5 Å². The van der Waals surface area contributed by atoms with Gasteiger partial charge in [-0.3, -0.25) is 0 Å². The van der Waals surface area contributed by atoms with E-state index < -0.39 is 0 Å². The van der Waals surface area contributed by atoms with Crippen molar-refractivity contribution in [2.75, 3.05) is 19.0 Å². The molecule has 2 rings (SSSR count). The quantitative estimate of drug-likeness (QED) is 0.629. The van der Waals surface area contributed by atoms with Crippen LogP contribution in [0.2, 0.25) is 0 Å². The van der Waals surface area contributed by atoms with E-state index in [9.17, 15) is 0 Å². The van der Waals surface area contributed by atoms with Crippen LogP contribution in [-0.2, 0) is 0 Å². The predicted molar refractivity (Wildman–Crippen MR) is 82.8 cm³/mol. The predicted octanol–water partition coefficient (Wildman–Crippen LogP) is 2.99. The van der Waals surface area contributed by atoms with E-state index in [-0.39, 0.29) is 0 Å². The summed E-state index contributed by atoms with van der Waals surface area (Å²) in [5, 5.41) is 4.46. The summed E-state index contributed by atoms with van der Waals surface area (Å²) in [5.74, 6) is 0. The second-order valence-corrected chi connectivity index (χ2v) is 5.48. The van der Waals surface area contributed by atoms with Gasteiger partial charge in [-0.1, -0.05) is 16.8 Å². The van der Waals surface area contributed by atoms with E-state index in [1.165, 1.54) is 5.69 Å². The molecule has 0 saturated heterocycles. The van der Waals surface area contributed by atoms with E-state index in [4.69, 9.17) is 0 Å². The maximum Gasteiger partial charge on any atom is 0.216 e. The summed E-state index contributed by atoms with van der Waals surface area (Å²) in [4.78, 5) is 2.08. The van der Waals surface area contributed by atoms with Crippen LogP contribution in [0.15, 0.2) is 52.2 Å². The molecule has 0 bridgehead atoms. The van der Waals surface area contributed by atoms with Crippen LogP contribution in [0.3, 0.4) is 0 Å². The normalized spacial score (nSPS) is 10.9. The van der Waals surface area contributed by atoms with Gasteiger partial charge in [0.25, 0.3) is 0 Å². The van der Waals surface area contributed by atoms with Crippen molar-refractivity contribution in [2.45, 2.75) is 6.92 Å². The zero-order valence-corrected chi connectivity index (χ0v) is 12.9. The summed E-state index contributed by atoms with van der Waals surface area (Å²) in [5.41, 5.74) is 3.35. The maximum absolute atomic E-state index is 4.46. The monoisotopic (exact) mass is 318 g/mol. The van der Waals surface area contributed by atoms with Crippen molar-refractivity contribution in [3.63, 3.8) is 0 Å². The number of anilines is 1. The first-order valence-electron chi connectivity index (χ1n) is 6.06. The second kappa shape index (κ2) is 5.97. The lowest BCUT2D eigenvalue weighted by Gasteiger charge is -2.11. The van der Waals surface area contributed by atoms with E-state index in [0.29, 0.717) is 0 Å². The van der Waals surface area contributed by atoms with Crippen molar-refractivity contribution >= 4 is 27.8 Å². The van der Waals surface area contributed by atoms with E-state index in [0.717, 1.165) is 15.7 Å². The van der Waals surface area contributed by atoms with E-state index in [1.807, 2.05) is 50.2 Å². The number of pyridine rings is 1. The number of benzene rings is 1. The molecule has 0 saturated carbocycles. The largest absolute Gasteiger partial charge is 0.378 e. The van der Waals surface area contributed by atoms with Gasteiger partial charge in [0.1, 0.15) is 6.21 Å². The Morgan fingerprint density at radius 1 is 1.11 bits per heavy atom. The van der Waals surface area contributed by atoms with Crippen molar-refractivity contribution in [3.05, 3.63) is 58.3 Å².